The van der Waals surface area contributed by atoms with Crippen LogP contribution >= 0.6 is 24.0 Å². The lowest BCUT2D eigenvalue weighted by Crippen LogP contribution is -2.45. The maximum Gasteiger partial charge on any atom is 0.191 e. The van der Waals surface area contributed by atoms with Crippen molar-refractivity contribution >= 4 is 35.8 Å². The Labute approximate surface area is 196 Å². The van der Waals surface area contributed by atoms with E-state index in [4.69, 9.17) is 4.99 Å². The minimum absolute atomic E-state index is 0. The fraction of sp³-hybridized carbons (Fsp3) is 0.455. The van der Waals surface area contributed by atoms with Crippen molar-refractivity contribution in [3.8, 4) is 0 Å². The number of guanidine groups is 1. The molecule has 8 heteroatoms. The van der Waals surface area contributed by atoms with Crippen LogP contribution in [0, 0.1) is 5.82 Å². The summed E-state index contributed by atoms with van der Waals surface area (Å²) in [6, 6.07) is 10.7. The third kappa shape index (κ3) is 7.39. The van der Waals surface area contributed by atoms with Crippen LogP contribution in [0.2, 0.25) is 0 Å². The number of pyridine rings is 1. The Bertz CT molecular complexity index is 790. The summed E-state index contributed by atoms with van der Waals surface area (Å²) in [7, 11) is 2.15. The summed E-state index contributed by atoms with van der Waals surface area (Å²) in [5, 5.41) is 6.65. The molecule has 3 rings (SSSR count). The van der Waals surface area contributed by atoms with Gasteiger partial charge in [-0.2, -0.15) is 0 Å². The van der Waals surface area contributed by atoms with Gasteiger partial charge in [0.2, 0.25) is 0 Å². The van der Waals surface area contributed by atoms with Gasteiger partial charge in [-0.15, -0.1) is 24.0 Å². The van der Waals surface area contributed by atoms with Crippen LogP contribution in [0.4, 0.5) is 10.2 Å². The summed E-state index contributed by atoms with van der Waals surface area (Å²) in [5.41, 5.74) is 2.23. The third-order valence-electron chi connectivity index (χ3n) is 5.04. The highest BCUT2D eigenvalue weighted by Gasteiger charge is 2.17. The molecule has 0 atom stereocenters. The van der Waals surface area contributed by atoms with Crippen LogP contribution in [0.25, 0.3) is 0 Å². The van der Waals surface area contributed by atoms with Crippen molar-refractivity contribution in [2.24, 2.45) is 4.99 Å². The molecule has 164 valence electrons. The average Bonchev–Trinajstić information content (AvgIpc) is 2.74. The normalized spacial score (nSPS) is 14.9. The van der Waals surface area contributed by atoms with E-state index in [0.29, 0.717) is 6.54 Å². The molecule has 2 aromatic rings. The van der Waals surface area contributed by atoms with Gasteiger partial charge in [0.1, 0.15) is 11.6 Å². The molecule has 0 amide bonds. The number of likely N-dealkylation sites (N-methyl/N-ethyl adjacent to an activating group) is 1. The summed E-state index contributed by atoms with van der Waals surface area (Å²) in [6.45, 7) is 8.22. The Morgan fingerprint density at radius 2 is 1.83 bits per heavy atom. The zero-order valence-electron chi connectivity index (χ0n) is 17.8. The molecule has 0 radical (unpaired) electrons. The van der Waals surface area contributed by atoms with E-state index in [0.717, 1.165) is 68.6 Å². The Balaban J connectivity index is 0.00000320. The number of piperazine rings is 1. The summed E-state index contributed by atoms with van der Waals surface area (Å²) in [4.78, 5) is 14.1. The molecular formula is C22H32FIN6. The molecule has 1 aliphatic rings. The van der Waals surface area contributed by atoms with Gasteiger partial charge in [0.05, 0.1) is 6.54 Å². The lowest BCUT2D eigenvalue weighted by atomic mass is 10.1. The molecule has 1 fully saturated rings. The number of hydrogen-bond donors (Lipinski definition) is 2. The fourth-order valence-electron chi connectivity index (χ4n) is 3.34. The number of hydrogen-bond acceptors (Lipinski definition) is 4. The molecule has 0 spiro atoms. The molecule has 1 saturated heterocycles. The smallest absolute Gasteiger partial charge is 0.191 e. The van der Waals surface area contributed by atoms with Crippen LogP contribution in [-0.4, -0.2) is 62.2 Å². The molecule has 0 unspecified atom stereocenters. The maximum absolute atomic E-state index is 13.0. The number of halogens is 2. The van der Waals surface area contributed by atoms with Gasteiger partial charge >= 0.3 is 0 Å². The molecule has 1 aromatic heterocycles. The van der Waals surface area contributed by atoms with E-state index in [1.807, 2.05) is 24.4 Å². The largest absolute Gasteiger partial charge is 0.357 e. The van der Waals surface area contributed by atoms with Gasteiger partial charge in [0.25, 0.3) is 0 Å². The summed E-state index contributed by atoms with van der Waals surface area (Å²) in [5.74, 6) is 1.61. The van der Waals surface area contributed by atoms with E-state index in [-0.39, 0.29) is 29.8 Å². The topological polar surface area (TPSA) is 55.8 Å². The van der Waals surface area contributed by atoms with E-state index in [2.05, 4.69) is 45.5 Å². The number of benzene rings is 1. The van der Waals surface area contributed by atoms with Crippen molar-refractivity contribution in [3.05, 3.63) is 59.5 Å². The predicted molar refractivity (Wildman–Crippen MR) is 132 cm³/mol. The molecule has 1 aliphatic heterocycles. The lowest BCUT2D eigenvalue weighted by Gasteiger charge is -2.34. The number of nitrogens with one attached hydrogen (secondary N) is 2. The number of anilines is 1. The Hall–Kier alpha value is -1.94. The molecule has 1 aromatic carbocycles. The summed E-state index contributed by atoms with van der Waals surface area (Å²) < 4.78 is 13.0. The summed E-state index contributed by atoms with van der Waals surface area (Å²) >= 11 is 0. The van der Waals surface area contributed by atoms with Crippen molar-refractivity contribution in [2.45, 2.75) is 19.9 Å². The van der Waals surface area contributed by atoms with Crippen molar-refractivity contribution in [3.63, 3.8) is 0 Å². The van der Waals surface area contributed by atoms with Gasteiger partial charge in [-0.25, -0.2) is 14.4 Å². The van der Waals surface area contributed by atoms with Gasteiger partial charge in [0, 0.05) is 51.0 Å². The van der Waals surface area contributed by atoms with Crippen LogP contribution in [0.3, 0.4) is 0 Å². The SMILES string of the molecule is CCNC(=NCc1cccnc1N1CCN(C)CC1)NCCc1ccc(F)cc1.I. The molecule has 2 heterocycles. The van der Waals surface area contributed by atoms with Gasteiger partial charge in [-0.1, -0.05) is 18.2 Å². The maximum atomic E-state index is 13.0. The van der Waals surface area contributed by atoms with Crippen LogP contribution in [0.15, 0.2) is 47.6 Å². The first-order valence-corrected chi connectivity index (χ1v) is 10.3. The van der Waals surface area contributed by atoms with Crippen molar-refractivity contribution in [1.29, 1.82) is 0 Å². The third-order valence-corrected chi connectivity index (χ3v) is 5.04. The lowest BCUT2D eigenvalue weighted by molar-refractivity contribution is 0.312. The van der Waals surface area contributed by atoms with E-state index in [1.165, 1.54) is 12.1 Å². The highest BCUT2D eigenvalue weighted by atomic mass is 127. The Morgan fingerprint density at radius 1 is 1.10 bits per heavy atom. The monoisotopic (exact) mass is 526 g/mol. The van der Waals surface area contributed by atoms with Gasteiger partial charge in [-0.3, -0.25) is 0 Å². The highest BCUT2D eigenvalue weighted by molar-refractivity contribution is 14.0. The fourth-order valence-corrected chi connectivity index (χ4v) is 3.34. The molecule has 30 heavy (non-hydrogen) atoms. The highest BCUT2D eigenvalue weighted by Crippen LogP contribution is 2.19. The second-order valence-corrected chi connectivity index (χ2v) is 7.27. The van der Waals surface area contributed by atoms with Crippen LogP contribution in [0.1, 0.15) is 18.1 Å². The summed E-state index contributed by atoms with van der Waals surface area (Å²) in [6.07, 6.45) is 2.66. The van der Waals surface area contributed by atoms with Crippen LogP contribution < -0.4 is 15.5 Å². The predicted octanol–water partition coefficient (Wildman–Crippen LogP) is 2.89. The molecule has 6 nitrogen and oxygen atoms in total. The second-order valence-electron chi connectivity index (χ2n) is 7.27. The Kier molecular flexibility index (Phi) is 10.3. The molecule has 2 N–H and O–H groups in total. The first kappa shape index (κ1) is 24.3. The number of nitrogens with zero attached hydrogens (tertiary/aromatic N) is 4. The minimum atomic E-state index is -0.204. The number of rotatable bonds is 7. The minimum Gasteiger partial charge on any atom is -0.357 e. The van der Waals surface area contributed by atoms with Crippen LogP contribution in [-0.2, 0) is 13.0 Å². The molecule has 0 aliphatic carbocycles. The number of aromatic nitrogens is 1. The Morgan fingerprint density at radius 3 is 2.53 bits per heavy atom. The first-order valence-electron chi connectivity index (χ1n) is 10.3. The van der Waals surface area contributed by atoms with Gasteiger partial charge in [0.15, 0.2) is 5.96 Å². The zero-order chi connectivity index (χ0) is 20.5. The quantitative estimate of drug-likeness (QED) is 0.330. The first-order chi connectivity index (χ1) is 14.2. The van der Waals surface area contributed by atoms with Gasteiger partial charge < -0.3 is 20.4 Å². The van der Waals surface area contributed by atoms with E-state index >= 15 is 0 Å². The van der Waals surface area contributed by atoms with Crippen LogP contribution in [0.5, 0.6) is 0 Å². The van der Waals surface area contributed by atoms with Crippen molar-refractivity contribution < 1.29 is 4.39 Å². The average molecular weight is 526 g/mol. The van der Waals surface area contributed by atoms with Crippen molar-refractivity contribution in [2.75, 3.05) is 51.2 Å². The standard InChI is InChI=1S/C22H31FN6.HI/c1-3-24-22(26-12-10-18-6-8-20(23)9-7-18)27-17-19-5-4-11-25-21(19)29-15-13-28(2)14-16-29;/h4-9,11H,3,10,12-17H2,1-2H3,(H2,24,26,27);1H. The van der Waals surface area contributed by atoms with E-state index in [9.17, 15) is 4.39 Å². The number of aliphatic imine (C=N–C) groups is 1. The molecular weight excluding hydrogens is 494 g/mol. The molecule has 0 saturated carbocycles. The zero-order valence-corrected chi connectivity index (χ0v) is 20.1. The second kappa shape index (κ2) is 12.7. The van der Waals surface area contributed by atoms with E-state index in [1.54, 1.807) is 0 Å². The van der Waals surface area contributed by atoms with E-state index < -0.39 is 0 Å². The van der Waals surface area contributed by atoms with Gasteiger partial charge in [-0.05, 0) is 44.2 Å². The van der Waals surface area contributed by atoms with Crippen molar-refractivity contribution in [1.82, 2.24) is 20.5 Å². The molecule has 0 bridgehead atoms.